The predicted molar refractivity (Wildman–Crippen MR) is 102 cm³/mol. The maximum absolute atomic E-state index is 13.0. The van der Waals surface area contributed by atoms with E-state index in [4.69, 9.17) is 14.2 Å². The number of aliphatic hydroxyl groups is 2. The van der Waals surface area contributed by atoms with Crippen molar-refractivity contribution in [3.63, 3.8) is 0 Å². The molecule has 0 aromatic carbocycles. The summed E-state index contributed by atoms with van der Waals surface area (Å²) in [4.78, 5) is 0. The number of hydrogen-bond acceptors (Lipinski definition) is 5. The monoisotopic (exact) mass is 434 g/mol. The van der Waals surface area contributed by atoms with E-state index in [9.17, 15) is 23.4 Å². The molecule has 8 heteroatoms. The fraction of sp³-hybridized carbons (Fsp3) is 0.909. The highest BCUT2D eigenvalue weighted by Crippen LogP contribution is 2.66. The van der Waals surface area contributed by atoms with Crippen LogP contribution in [0.2, 0.25) is 0 Å². The highest BCUT2D eigenvalue weighted by molar-refractivity contribution is 5.24. The molecule has 0 radical (unpaired) electrons. The quantitative estimate of drug-likeness (QED) is 0.648. The second-order valence-electron chi connectivity index (χ2n) is 9.43. The molecule has 4 aliphatic rings. The molecule has 0 aromatic rings. The van der Waals surface area contributed by atoms with E-state index >= 15 is 0 Å². The van der Waals surface area contributed by atoms with E-state index in [1.165, 1.54) is 6.42 Å². The topological polar surface area (TPSA) is 68.2 Å². The van der Waals surface area contributed by atoms with Gasteiger partial charge in [0.2, 0.25) is 5.79 Å². The smallest absolute Gasteiger partial charge is 0.393 e. The summed E-state index contributed by atoms with van der Waals surface area (Å²) in [6.45, 7) is 1.15. The Kier molecular flexibility index (Phi) is 6.27. The Morgan fingerprint density at radius 3 is 2.43 bits per heavy atom. The number of ether oxygens (including phenoxy) is 3. The molecule has 30 heavy (non-hydrogen) atoms. The van der Waals surface area contributed by atoms with Crippen LogP contribution in [0.15, 0.2) is 12.2 Å². The van der Waals surface area contributed by atoms with E-state index < -0.39 is 42.3 Å². The van der Waals surface area contributed by atoms with E-state index in [-0.39, 0.29) is 24.2 Å². The summed E-state index contributed by atoms with van der Waals surface area (Å²) >= 11 is 0. The fourth-order valence-corrected chi connectivity index (χ4v) is 6.48. The highest BCUT2D eigenvalue weighted by Gasteiger charge is 2.78. The van der Waals surface area contributed by atoms with Crippen molar-refractivity contribution >= 4 is 0 Å². The van der Waals surface area contributed by atoms with Crippen molar-refractivity contribution < 1.29 is 37.6 Å². The minimum Gasteiger partial charge on any atom is -0.393 e. The van der Waals surface area contributed by atoms with Crippen molar-refractivity contribution in [2.75, 3.05) is 19.8 Å². The van der Waals surface area contributed by atoms with Gasteiger partial charge in [0.15, 0.2) is 0 Å². The van der Waals surface area contributed by atoms with Crippen molar-refractivity contribution in [3.8, 4) is 0 Å². The molecule has 1 aliphatic heterocycles. The highest BCUT2D eigenvalue weighted by atomic mass is 19.4. The van der Waals surface area contributed by atoms with Gasteiger partial charge >= 0.3 is 6.18 Å². The van der Waals surface area contributed by atoms with Crippen LogP contribution in [0.4, 0.5) is 13.2 Å². The van der Waals surface area contributed by atoms with Crippen LogP contribution in [-0.2, 0) is 14.2 Å². The van der Waals surface area contributed by atoms with Gasteiger partial charge in [0.05, 0.1) is 25.4 Å². The van der Waals surface area contributed by atoms with Crippen LogP contribution in [0, 0.1) is 23.7 Å². The van der Waals surface area contributed by atoms with Gasteiger partial charge in [-0.15, -0.1) is 0 Å². The van der Waals surface area contributed by atoms with E-state index in [1.807, 2.05) is 6.92 Å². The molecular formula is C22H33F3O5. The zero-order valence-electron chi connectivity index (χ0n) is 17.4. The Morgan fingerprint density at radius 2 is 1.80 bits per heavy atom. The van der Waals surface area contributed by atoms with Gasteiger partial charge in [0, 0.05) is 17.8 Å². The molecule has 1 spiro atoms. The molecule has 6 atom stereocenters. The van der Waals surface area contributed by atoms with Crippen LogP contribution >= 0.6 is 0 Å². The first kappa shape index (κ1) is 22.5. The van der Waals surface area contributed by atoms with E-state index in [0.717, 1.165) is 25.7 Å². The van der Waals surface area contributed by atoms with Gasteiger partial charge in [-0.1, -0.05) is 38.3 Å². The van der Waals surface area contributed by atoms with Gasteiger partial charge in [-0.2, -0.15) is 13.2 Å². The molecule has 0 amide bonds. The molecule has 3 saturated carbocycles. The average Bonchev–Trinajstić information content (AvgIpc) is 3.24. The van der Waals surface area contributed by atoms with E-state index in [0.29, 0.717) is 19.6 Å². The lowest BCUT2D eigenvalue weighted by atomic mass is 9.47. The lowest BCUT2D eigenvalue weighted by molar-refractivity contribution is -0.427. The summed E-state index contributed by atoms with van der Waals surface area (Å²) in [5.74, 6) is -2.02. The second-order valence-corrected chi connectivity index (χ2v) is 9.43. The predicted octanol–water partition coefficient (Wildman–Crippen LogP) is 3.58. The van der Waals surface area contributed by atoms with Crippen LogP contribution in [0.5, 0.6) is 0 Å². The minimum atomic E-state index is -4.46. The van der Waals surface area contributed by atoms with Crippen molar-refractivity contribution in [1.82, 2.24) is 0 Å². The van der Waals surface area contributed by atoms with Crippen molar-refractivity contribution in [1.29, 1.82) is 0 Å². The van der Waals surface area contributed by atoms with Gasteiger partial charge in [-0.05, 0) is 31.6 Å². The van der Waals surface area contributed by atoms with Crippen LogP contribution in [-0.4, -0.2) is 59.8 Å². The number of fused-ring (bicyclic) bond motifs is 2. The SMILES string of the molecule is CC1[C@H]2[C@H](/C=C/[C@@H](O)C3CCCCC3)[C@@H](O)CC[C@@]2(OCC(F)(F)F)C12OCCO2. The third-order valence-electron chi connectivity index (χ3n) is 7.81. The zero-order valence-corrected chi connectivity index (χ0v) is 17.4. The number of halogens is 3. The van der Waals surface area contributed by atoms with Crippen LogP contribution < -0.4 is 0 Å². The summed E-state index contributed by atoms with van der Waals surface area (Å²) < 4.78 is 56.4. The summed E-state index contributed by atoms with van der Waals surface area (Å²) in [6, 6.07) is 0. The Morgan fingerprint density at radius 1 is 1.13 bits per heavy atom. The first-order valence-corrected chi connectivity index (χ1v) is 11.2. The molecular weight excluding hydrogens is 401 g/mol. The van der Waals surface area contributed by atoms with E-state index in [2.05, 4.69) is 0 Å². The first-order chi connectivity index (χ1) is 14.2. The third-order valence-corrected chi connectivity index (χ3v) is 7.81. The van der Waals surface area contributed by atoms with Gasteiger partial charge < -0.3 is 24.4 Å². The lowest BCUT2D eigenvalue weighted by Gasteiger charge is -2.68. The van der Waals surface area contributed by atoms with Crippen LogP contribution in [0.3, 0.4) is 0 Å². The molecule has 1 unspecified atom stereocenters. The van der Waals surface area contributed by atoms with Gasteiger partial charge in [0.25, 0.3) is 0 Å². The molecule has 5 nitrogen and oxygen atoms in total. The van der Waals surface area contributed by atoms with Crippen molar-refractivity contribution in [3.05, 3.63) is 12.2 Å². The normalized spacial score (nSPS) is 40.5. The largest absolute Gasteiger partial charge is 0.411 e. The molecule has 4 rings (SSSR count). The third kappa shape index (κ3) is 3.72. The Hall–Kier alpha value is -0.670. The molecule has 1 heterocycles. The first-order valence-electron chi connectivity index (χ1n) is 11.2. The molecule has 172 valence electrons. The molecule has 0 aromatic heterocycles. The Balaban J connectivity index is 1.56. The lowest BCUT2D eigenvalue weighted by Crippen LogP contribution is -2.80. The fourth-order valence-electron chi connectivity index (χ4n) is 6.48. The molecule has 3 aliphatic carbocycles. The van der Waals surface area contributed by atoms with Gasteiger partial charge in [0.1, 0.15) is 12.2 Å². The molecule has 1 saturated heterocycles. The number of aliphatic hydroxyl groups excluding tert-OH is 2. The molecule has 2 N–H and O–H groups in total. The summed E-state index contributed by atoms with van der Waals surface area (Å²) in [7, 11) is 0. The average molecular weight is 434 g/mol. The van der Waals surface area contributed by atoms with Crippen LogP contribution in [0.25, 0.3) is 0 Å². The molecule has 0 bridgehead atoms. The summed E-state index contributed by atoms with van der Waals surface area (Å²) in [5, 5.41) is 21.3. The minimum absolute atomic E-state index is 0.202. The number of hydrogen-bond donors (Lipinski definition) is 2. The Labute approximate surface area is 175 Å². The zero-order chi connectivity index (χ0) is 21.6. The van der Waals surface area contributed by atoms with Gasteiger partial charge in [-0.25, -0.2) is 0 Å². The summed E-state index contributed by atoms with van der Waals surface area (Å²) in [5.41, 5.74) is -1.25. The summed E-state index contributed by atoms with van der Waals surface area (Å²) in [6.07, 6.45) is 3.66. The number of rotatable bonds is 5. The second kappa shape index (κ2) is 8.35. The van der Waals surface area contributed by atoms with E-state index in [1.54, 1.807) is 12.2 Å². The van der Waals surface area contributed by atoms with Crippen LogP contribution in [0.1, 0.15) is 51.9 Å². The standard InChI is InChI=1S/C22H33F3O5/c1-14-19-16(7-8-17(26)15-5-3-2-4-6-15)18(27)9-10-20(19,30-13-21(23,24)25)22(14)28-11-12-29-22/h7-8,14-19,26-27H,2-6,9-13H2,1H3/b8-7+/t14?,16-,17-,18+,19+,20+/m1/s1. The maximum Gasteiger partial charge on any atom is 0.411 e. The number of alkyl halides is 3. The van der Waals surface area contributed by atoms with Crippen molar-refractivity contribution in [2.24, 2.45) is 23.7 Å². The van der Waals surface area contributed by atoms with Gasteiger partial charge in [-0.3, -0.25) is 0 Å². The molecule has 4 fully saturated rings. The van der Waals surface area contributed by atoms with Crippen molar-refractivity contribution in [2.45, 2.75) is 81.6 Å². The maximum atomic E-state index is 13.0. The Bertz CT molecular complexity index is 627.